The van der Waals surface area contributed by atoms with Gasteiger partial charge in [0, 0.05) is 9.65 Å². The van der Waals surface area contributed by atoms with Crippen LogP contribution in [0.2, 0.25) is 0 Å². The first-order valence-corrected chi connectivity index (χ1v) is 9.03. The second-order valence-electron chi connectivity index (χ2n) is 5.87. The molecule has 0 aliphatic carbocycles. The highest BCUT2D eigenvalue weighted by Crippen LogP contribution is 2.22. The van der Waals surface area contributed by atoms with Crippen LogP contribution in [0.3, 0.4) is 0 Å². The second-order valence-corrected chi connectivity index (χ2v) is 7.12. The molecule has 3 aromatic carbocycles. The number of nitrogens with one attached hydrogen (secondary N) is 1. The Labute approximate surface area is 164 Å². The number of carbonyl (C=O) groups is 2. The maximum absolute atomic E-state index is 12.4. The summed E-state index contributed by atoms with van der Waals surface area (Å²) in [5, 5.41) is 14.2. The lowest BCUT2D eigenvalue weighted by Crippen LogP contribution is -2.12. The topological polar surface area (TPSA) is 66.4 Å². The van der Waals surface area contributed by atoms with E-state index in [1.807, 2.05) is 49.4 Å². The van der Waals surface area contributed by atoms with Crippen LogP contribution in [0.15, 0.2) is 66.7 Å². The number of anilines is 1. The van der Waals surface area contributed by atoms with E-state index in [1.54, 1.807) is 12.1 Å². The summed E-state index contributed by atoms with van der Waals surface area (Å²) in [5.41, 5.74) is 2.10. The van der Waals surface area contributed by atoms with E-state index >= 15 is 0 Å². The fourth-order valence-corrected chi connectivity index (χ4v) is 3.18. The number of benzene rings is 3. The molecule has 0 bridgehead atoms. The van der Waals surface area contributed by atoms with Crippen molar-refractivity contribution in [3.05, 3.63) is 81.4 Å². The van der Waals surface area contributed by atoms with E-state index < -0.39 is 5.97 Å². The Morgan fingerprint density at radius 1 is 1.00 bits per heavy atom. The molecule has 0 fully saturated rings. The molecule has 1 amide bonds. The van der Waals surface area contributed by atoms with Gasteiger partial charge in [-0.3, -0.25) is 4.79 Å². The van der Waals surface area contributed by atoms with Gasteiger partial charge in [0.15, 0.2) is 0 Å². The third-order valence-corrected chi connectivity index (χ3v) is 4.69. The molecule has 4 nitrogen and oxygen atoms in total. The van der Waals surface area contributed by atoms with Crippen LogP contribution in [0.4, 0.5) is 5.69 Å². The van der Waals surface area contributed by atoms with E-state index in [9.17, 15) is 14.7 Å². The van der Waals surface area contributed by atoms with Crippen molar-refractivity contribution >= 4 is 56.5 Å². The molecule has 0 aliphatic rings. The van der Waals surface area contributed by atoms with Gasteiger partial charge in [0.05, 0.1) is 11.3 Å². The Hall–Kier alpha value is -2.67. The SMILES string of the molecule is C/C(=C\C(=O)Nc1cc([123I])ccc1C(=O)O)c1ccc2ccccc2c1. The van der Waals surface area contributed by atoms with Gasteiger partial charge in [-0.15, -0.1) is 0 Å². The largest absolute Gasteiger partial charge is 0.478 e. The number of rotatable bonds is 4. The van der Waals surface area contributed by atoms with Crippen LogP contribution in [0, 0.1) is 3.57 Å². The summed E-state index contributed by atoms with van der Waals surface area (Å²) in [6, 6.07) is 18.9. The van der Waals surface area contributed by atoms with Gasteiger partial charge < -0.3 is 10.4 Å². The number of allylic oxidation sites excluding steroid dienone is 1. The van der Waals surface area contributed by atoms with Crippen molar-refractivity contribution in [3.8, 4) is 0 Å². The van der Waals surface area contributed by atoms with Gasteiger partial charge >= 0.3 is 5.97 Å². The maximum Gasteiger partial charge on any atom is 0.337 e. The summed E-state index contributed by atoms with van der Waals surface area (Å²) in [6.45, 7) is 1.86. The van der Waals surface area contributed by atoms with Gasteiger partial charge in [0.2, 0.25) is 5.91 Å². The van der Waals surface area contributed by atoms with E-state index in [-0.39, 0.29) is 17.2 Å². The molecule has 0 atom stereocenters. The van der Waals surface area contributed by atoms with E-state index in [0.717, 1.165) is 25.5 Å². The predicted molar refractivity (Wildman–Crippen MR) is 112 cm³/mol. The molecule has 0 unspecified atom stereocenters. The van der Waals surface area contributed by atoms with Crippen molar-refractivity contribution in [1.29, 1.82) is 0 Å². The zero-order valence-corrected chi connectivity index (χ0v) is 16.2. The minimum Gasteiger partial charge on any atom is -0.478 e. The highest BCUT2D eigenvalue weighted by molar-refractivity contribution is 14.1. The standard InChI is InChI=1S/C21H16INO3/c1-13(15-7-6-14-4-2-3-5-16(14)11-15)10-20(24)23-19-12-17(22)8-9-18(19)21(25)26/h2-12H,1H3,(H,23,24)(H,25,26)/b13-10+/i22-4. The highest BCUT2D eigenvalue weighted by Gasteiger charge is 2.12. The number of amides is 1. The molecule has 130 valence electrons. The highest BCUT2D eigenvalue weighted by atomic mass is 123. The number of hydrogen-bond acceptors (Lipinski definition) is 2. The van der Waals surface area contributed by atoms with Crippen molar-refractivity contribution in [3.63, 3.8) is 0 Å². The maximum atomic E-state index is 12.4. The number of carboxylic acid groups (broad SMARTS) is 1. The monoisotopic (exact) mass is 453 g/mol. The third kappa shape index (κ3) is 4.11. The fourth-order valence-electron chi connectivity index (χ4n) is 2.69. The molecule has 0 spiro atoms. The smallest absolute Gasteiger partial charge is 0.337 e. The van der Waals surface area contributed by atoms with Crippen LogP contribution in [0.5, 0.6) is 0 Å². The summed E-state index contributed by atoms with van der Waals surface area (Å²) in [5.74, 6) is -1.44. The molecule has 3 rings (SSSR count). The number of hydrogen-bond donors (Lipinski definition) is 2. The van der Waals surface area contributed by atoms with Crippen molar-refractivity contribution in [2.75, 3.05) is 5.32 Å². The quantitative estimate of drug-likeness (QED) is 0.423. The fraction of sp³-hybridized carbons (Fsp3) is 0.0476. The van der Waals surface area contributed by atoms with Gasteiger partial charge in [-0.05, 0) is 75.7 Å². The minimum atomic E-state index is -1.08. The first-order chi connectivity index (χ1) is 12.4. The first kappa shape index (κ1) is 18.1. The summed E-state index contributed by atoms with van der Waals surface area (Å²) < 4.78 is 0.845. The third-order valence-electron chi connectivity index (χ3n) is 4.02. The van der Waals surface area contributed by atoms with Crippen molar-refractivity contribution in [2.24, 2.45) is 0 Å². The summed E-state index contributed by atoms with van der Waals surface area (Å²) >= 11 is 2.08. The Balaban J connectivity index is 1.86. The van der Waals surface area contributed by atoms with Crippen LogP contribution >= 0.6 is 22.6 Å². The average Bonchev–Trinajstić information content (AvgIpc) is 2.61. The van der Waals surface area contributed by atoms with Crippen molar-refractivity contribution in [2.45, 2.75) is 6.92 Å². The number of fused-ring (bicyclic) bond motifs is 1. The van der Waals surface area contributed by atoms with Gasteiger partial charge in [-0.1, -0.05) is 36.4 Å². The molecule has 0 heterocycles. The lowest BCUT2D eigenvalue weighted by Gasteiger charge is -2.08. The molecule has 0 aliphatic heterocycles. The van der Waals surface area contributed by atoms with E-state index in [2.05, 4.69) is 27.9 Å². The molecule has 3 aromatic rings. The number of carbonyl (C=O) groups excluding carboxylic acids is 1. The lowest BCUT2D eigenvalue weighted by atomic mass is 10.0. The Bertz CT molecular complexity index is 1040. The number of carboxylic acids is 1. The second kappa shape index (κ2) is 7.70. The Morgan fingerprint density at radius 2 is 1.73 bits per heavy atom. The normalized spacial score (nSPS) is 11.4. The van der Waals surface area contributed by atoms with Crippen LogP contribution in [-0.2, 0) is 4.79 Å². The van der Waals surface area contributed by atoms with E-state index in [0.29, 0.717) is 0 Å². The number of aromatic carboxylic acids is 1. The summed E-state index contributed by atoms with van der Waals surface area (Å²) in [4.78, 5) is 23.7. The van der Waals surface area contributed by atoms with Gasteiger partial charge in [0.25, 0.3) is 0 Å². The summed E-state index contributed by atoms with van der Waals surface area (Å²) in [6.07, 6.45) is 1.48. The van der Waals surface area contributed by atoms with Crippen molar-refractivity contribution < 1.29 is 14.7 Å². The van der Waals surface area contributed by atoms with E-state index in [1.165, 1.54) is 12.1 Å². The zero-order chi connectivity index (χ0) is 18.7. The predicted octanol–water partition coefficient (Wildman–Crippen LogP) is 5.18. The first-order valence-electron chi connectivity index (χ1n) is 7.95. The molecule has 5 heteroatoms. The Morgan fingerprint density at radius 3 is 2.46 bits per heavy atom. The minimum absolute atomic E-state index is 0.0653. The molecule has 0 radical (unpaired) electrons. The van der Waals surface area contributed by atoms with Crippen molar-refractivity contribution in [1.82, 2.24) is 0 Å². The zero-order valence-electron chi connectivity index (χ0n) is 14.0. The molecule has 2 N–H and O–H groups in total. The van der Waals surface area contributed by atoms with Crippen LogP contribution < -0.4 is 5.32 Å². The average molecular weight is 453 g/mol. The van der Waals surface area contributed by atoms with Gasteiger partial charge in [0.1, 0.15) is 0 Å². The molecule has 0 saturated carbocycles. The molecule has 26 heavy (non-hydrogen) atoms. The molecular formula is C21H16INO3. The van der Waals surface area contributed by atoms with Crippen LogP contribution in [0.1, 0.15) is 22.8 Å². The summed E-state index contributed by atoms with van der Waals surface area (Å²) in [7, 11) is 0. The molecular weight excluding hydrogens is 437 g/mol. The van der Waals surface area contributed by atoms with Crippen LogP contribution in [-0.4, -0.2) is 17.0 Å². The molecule has 0 aromatic heterocycles. The number of halogens is 1. The van der Waals surface area contributed by atoms with Gasteiger partial charge in [-0.2, -0.15) is 0 Å². The molecule has 0 saturated heterocycles. The van der Waals surface area contributed by atoms with Crippen LogP contribution in [0.25, 0.3) is 16.3 Å². The lowest BCUT2D eigenvalue weighted by molar-refractivity contribution is -0.111. The Kier molecular flexibility index (Phi) is 5.37. The van der Waals surface area contributed by atoms with E-state index in [4.69, 9.17) is 0 Å². The van der Waals surface area contributed by atoms with Gasteiger partial charge in [-0.25, -0.2) is 4.79 Å².